The summed E-state index contributed by atoms with van der Waals surface area (Å²) in [6.45, 7) is 6.29. The number of carbonyl (C=O) groups excluding carboxylic acids is 3. The van der Waals surface area contributed by atoms with Gasteiger partial charge in [-0.3, -0.25) is 9.59 Å². The van der Waals surface area contributed by atoms with Gasteiger partial charge in [0.25, 0.3) is 17.5 Å². The van der Waals surface area contributed by atoms with Gasteiger partial charge in [0.15, 0.2) is 10.8 Å². The van der Waals surface area contributed by atoms with Crippen molar-refractivity contribution in [2.24, 2.45) is 0 Å². The molecule has 0 bridgehead atoms. The Bertz CT molecular complexity index is 2010. The summed E-state index contributed by atoms with van der Waals surface area (Å²) in [4.78, 5) is 57.4. The lowest BCUT2D eigenvalue weighted by Crippen LogP contribution is -2.21. The average Bonchev–Trinajstić information content (AvgIpc) is 3.78. The fourth-order valence-electron chi connectivity index (χ4n) is 5.07. The SMILES string of the molecule is CCCCc1nc(Cl)c(C(=O)OC(C)OC=O)n1Cc1ccc(-c2ccccc2-c2nnn(C(=O)c3ccccc3CO[N+](=O)[O-])n2)cc1.CCOC. The van der Waals surface area contributed by atoms with E-state index in [4.69, 9.17) is 21.1 Å². The Morgan fingerprint density at radius 1 is 1.02 bits per heavy atom. The number of carbonyl (C=O) groups is 3. The maximum absolute atomic E-state index is 13.2. The molecule has 1 atom stereocenters. The zero-order valence-electron chi connectivity index (χ0n) is 29.5. The fraction of sp³-hybridized carbons (Fsp3) is 0.306. The first kappa shape index (κ1) is 39.8. The normalized spacial score (nSPS) is 11.2. The number of nitrogens with zero attached hydrogens (tertiary/aromatic N) is 7. The minimum Gasteiger partial charge on any atom is -0.428 e. The summed E-state index contributed by atoms with van der Waals surface area (Å²) in [6, 6.07) is 21.2. The number of halogens is 1. The van der Waals surface area contributed by atoms with Crippen LogP contribution in [0, 0.1) is 10.1 Å². The third-order valence-corrected chi connectivity index (χ3v) is 7.97. The molecule has 0 N–H and O–H groups in total. The van der Waals surface area contributed by atoms with Gasteiger partial charge in [0.1, 0.15) is 12.4 Å². The Morgan fingerprint density at radius 2 is 1.70 bits per heavy atom. The van der Waals surface area contributed by atoms with Gasteiger partial charge in [-0.25, -0.2) is 9.78 Å². The standard InChI is InChI=1S/C33H30ClN7O8.C3H8O/c1-3-4-13-28-35-30(34)29(33(44)49-21(2)47-20-42)39(28)18-22-14-16-23(17-15-22)25-10-7-8-12-27(25)31-36-38-40(37-31)32(43)26-11-6-5-9-24(26)19-48-41(45)46;1-3-4-2/h5-12,14-17,20-21H,3-4,13,18-19H2,1-2H3;3H2,1-2H3. The third kappa shape index (κ3) is 10.5. The van der Waals surface area contributed by atoms with Gasteiger partial charge < -0.3 is 23.6 Å². The van der Waals surface area contributed by atoms with Gasteiger partial charge in [-0.2, -0.15) is 0 Å². The summed E-state index contributed by atoms with van der Waals surface area (Å²) >= 11 is 6.41. The molecule has 5 rings (SSSR count). The first-order valence-corrected chi connectivity index (χ1v) is 16.9. The van der Waals surface area contributed by atoms with Crippen LogP contribution in [0.2, 0.25) is 5.15 Å². The molecule has 278 valence electrons. The highest BCUT2D eigenvalue weighted by molar-refractivity contribution is 6.32. The second-order valence-electron chi connectivity index (χ2n) is 11.2. The molecule has 0 aliphatic heterocycles. The molecule has 2 heterocycles. The molecule has 0 aliphatic carbocycles. The first-order chi connectivity index (χ1) is 25.6. The molecule has 16 nitrogen and oxygen atoms in total. The lowest BCUT2D eigenvalue weighted by atomic mass is 9.98. The molecule has 1 unspecified atom stereocenters. The monoisotopic (exact) mass is 747 g/mol. The van der Waals surface area contributed by atoms with Crippen molar-refractivity contribution < 1.29 is 38.5 Å². The summed E-state index contributed by atoms with van der Waals surface area (Å²) in [5, 5.41) is 22.1. The van der Waals surface area contributed by atoms with E-state index in [-0.39, 0.29) is 35.3 Å². The zero-order valence-corrected chi connectivity index (χ0v) is 30.3. The number of hydrogen-bond donors (Lipinski definition) is 0. The second-order valence-corrected chi connectivity index (χ2v) is 11.6. The molecule has 0 saturated heterocycles. The van der Waals surface area contributed by atoms with E-state index in [0.717, 1.165) is 40.9 Å². The number of rotatable bonds is 16. The zero-order chi connectivity index (χ0) is 38.3. The van der Waals surface area contributed by atoms with E-state index in [0.29, 0.717) is 23.4 Å². The summed E-state index contributed by atoms with van der Waals surface area (Å²) in [7, 11) is 1.68. The first-order valence-electron chi connectivity index (χ1n) is 16.5. The number of unbranched alkanes of at least 4 members (excludes halogenated alkanes) is 1. The lowest BCUT2D eigenvalue weighted by molar-refractivity contribution is -0.763. The van der Waals surface area contributed by atoms with E-state index in [2.05, 4.69) is 30.0 Å². The van der Waals surface area contributed by atoms with Crippen molar-refractivity contribution in [2.75, 3.05) is 13.7 Å². The van der Waals surface area contributed by atoms with Gasteiger partial charge in [0.2, 0.25) is 12.1 Å². The van der Waals surface area contributed by atoms with Crippen LogP contribution in [0.4, 0.5) is 0 Å². The van der Waals surface area contributed by atoms with Crippen LogP contribution < -0.4 is 0 Å². The molecule has 5 aromatic rings. The Morgan fingerprint density at radius 3 is 2.36 bits per heavy atom. The van der Waals surface area contributed by atoms with Crippen LogP contribution in [-0.2, 0) is 43.4 Å². The number of benzene rings is 3. The Balaban J connectivity index is 0.00000149. The highest BCUT2D eigenvalue weighted by Gasteiger charge is 2.25. The fourth-order valence-corrected chi connectivity index (χ4v) is 5.34. The predicted molar refractivity (Wildman–Crippen MR) is 191 cm³/mol. The number of tetrazole rings is 1. The largest absolute Gasteiger partial charge is 0.428 e. The highest BCUT2D eigenvalue weighted by Crippen LogP contribution is 2.31. The number of ether oxygens (including phenoxy) is 3. The smallest absolute Gasteiger partial charge is 0.361 e. The maximum atomic E-state index is 13.2. The third-order valence-electron chi connectivity index (χ3n) is 7.70. The summed E-state index contributed by atoms with van der Waals surface area (Å²) in [6.07, 6.45) is 1.22. The van der Waals surface area contributed by atoms with Crippen LogP contribution in [0.15, 0.2) is 72.8 Å². The van der Waals surface area contributed by atoms with Crippen molar-refractivity contribution in [3.05, 3.63) is 116 Å². The van der Waals surface area contributed by atoms with Crippen LogP contribution in [0.1, 0.15) is 71.4 Å². The minimum atomic E-state index is -1.11. The highest BCUT2D eigenvalue weighted by atomic mass is 35.5. The van der Waals surface area contributed by atoms with E-state index in [1.807, 2.05) is 56.3 Å². The van der Waals surface area contributed by atoms with Crippen molar-refractivity contribution in [3.8, 4) is 22.5 Å². The lowest BCUT2D eigenvalue weighted by Gasteiger charge is -2.15. The van der Waals surface area contributed by atoms with Gasteiger partial charge in [-0.05, 0) is 46.9 Å². The van der Waals surface area contributed by atoms with E-state index < -0.39 is 29.9 Å². The number of methoxy groups -OCH3 is 1. The van der Waals surface area contributed by atoms with Crippen LogP contribution in [0.5, 0.6) is 0 Å². The van der Waals surface area contributed by atoms with E-state index >= 15 is 0 Å². The maximum Gasteiger partial charge on any atom is 0.361 e. The summed E-state index contributed by atoms with van der Waals surface area (Å²) < 4.78 is 16.2. The van der Waals surface area contributed by atoms with E-state index in [1.165, 1.54) is 13.0 Å². The Labute approximate surface area is 309 Å². The molecule has 0 aliphatic rings. The van der Waals surface area contributed by atoms with Crippen molar-refractivity contribution in [2.45, 2.75) is 59.5 Å². The molecule has 3 aromatic carbocycles. The average molecular weight is 748 g/mol. The quantitative estimate of drug-likeness (QED) is 0.0377. The summed E-state index contributed by atoms with van der Waals surface area (Å²) in [5.41, 5.74) is 3.52. The van der Waals surface area contributed by atoms with Crippen molar-refractivity contribution in [3.63, 3.8) is 0 Å². The molecular weight excluding hydrogens is 710 g/mol. The van der Waals surface area contributed by atoms with Crippen LogP contribution in [0.3, 0.4) is 0 Å². The molecule has 0 spiro atoms. The van der Waals surface area contributed by atoms with Gasteiger partial charge in [0, 0.05) is 44.7 Å². The van der Waals surface area contributed by atoms with Crippen molar-refractivity contribution in [1.82, 2.24) is 29.8 Å². The van der Waals surface area contributed by atoms with Gasteiger partial charge >= 0.3 is 5.97 Å². The Kier molecular flexibility index (Phi) is 14.7. The van der Waals surface area contributed by atoms with Gasteiger partial charge in [0.05, 0.1) is 0 Å². The number of hydrogen-bond acceptors (Lipinski definition) is 13. The topological polar surface area (TPSA) is 193 Å². The van der Waals surface area contributed by atoms with Crippen LogP contribution in [0.25, 0.3) is 22.5 Å². The number of imidazole rings is 1. The molecule has 2 aromatic heterocycles. The number of aromatic nitrogens is 6. The number of aryl methyl sites for hydroxylation is 1. The number of esters is 1. The van der Waals surface area contributed by atoms with Crippen molar-refractivity contribution in [1.29, 1.82) is 0 Å². The molecule has 17 heteroatoms. The molecule has 53 heavy (non-hydrogen) atoms. The predicted octanol–water partition coefficient (Wildman–Crippen LogP) is 5.97. The van der Waals surface area contributed by atoms with Crippen LogP contribution >= 0.6 is 11.6 Å². The van der Waals surface area contributed by atoms with E-state index in [9.17, 15) is 24.5 Å². The van der Waals surface area contributed by atoms with Crippen LogP contribution in [-0.4, -0.2) is 73.2 Å². The van der Waals surface area contributed by atoms with Crippen molar-refractivity contribution >= 4 is 29.9 Å². The van der Waals surface area contributed by atoms with Gasteiger partial charge in [-0.15, -0.1) is 20.3 Å². The van der Waals surface area contributed by atoms with Gasteiger partial charge in [-0.1, -0.05) is 96.5 Å². The molecular formula is C36H38ClN7O9. The molecule has 0 amide bonds. The molecule has 0 fully saturated rings. The second kappa shape index (κ2) is 19.6. The molecule has 0 radical (unpaired) electrons. The molecule has 0 saturated carbocycles. The Hall–Kier alpha value is -6.00. The van der Waals surface area contributed by atoms with E-state index in [1.54, 1.807) is 35.9 Å². The minimum absolute atomic E-state index is 0.00707. The summed E-state index contributed by atoms with van der Waals surface area (Å²) in [5.74, 6) is -0.590.